The highest BCUT2D eigenvalue weighted by molar-refractivity contribution is 7.80. The number of aryl methyl sites for hydroxylation is 1. The molecule has 1 aromatic rings. The average Bonchev–Trinajstić information content (AvgIpc) is 3.28. The van der Waals surface area contributed by atoms with Gasteiger partial charge in [-0.1, -0.05) is 0 Å². The second-order valence-corrected chi connectivity index (χ2v) is 7.28. The van der Waals surface area contributed by atoms with Crippen LogP contribution in [0.1, 0.15) is 36.4 Å². The molecule has 1 fully saturated rings. The van der Waals surface area contributed by atoms with Crippen molar-refractivity contribution in [2.24, 2.45) is 5.92 Å². The molecule has 0 atom stereocenters. The maximum Gasteiger partial charge on any atom is 0.166 e. The lowest BCUT2D eigenvalue weighted by molar-refractivity contribution is 0.117. The van der Waals surface area contributed by atoms with E-state index in [1.54, 1.807) is 11.3 Å². The summed E-state index contributed by atoms with van der Waals surface area (Å²) in [6.07, 6.45) is 5.81. The van der Waals surface area contributed by atoms with E-state index in [2.05, 4.69) is 26.3 Å². The topological polar surface area (TPSA) is 58.2 Å². The molecule has 1 saturated carbocycles. The minimum Gasteiger partial charge on any atom is -0.375 e. The zero-order valence-electron chi connectivity index (χ0n) is 13.9. The maximum atomic E-state index is 5.68. The van der Waals surface area contributed by atoms with Gasteiger partial charge in [-0.2, -0.15) is 0 Å². The lowest BCUT2D eigenvalue weighted by Crippen LogP contribution is -2.37. The first-order chi connectivity index (χ1) is 11.3. The predicted octanol–water partition coefficient (Wildman–Crippen LogP) is 2.08. The summed E-state index contributed by atoms with van der Waals surface area (Å²) in [6.45, 7) is 4.24. The van der Waals surface area contributed by atoms with Crippen LogP contribution in [-0.4, -0.2) is 43.4 Å². The Morgan fingerprint density at radius 1 is 1.35 bits per heavy atom. The van der Waals surface area contributed by atoms with Crippen LogP contribution >= 0.6 is 23.6 Å². The second kappa shape index (κ2) is 10.9. The van der Waals surface area contributed by atoms with Crippen LogP contribution in [0.5, 0.6) is 0 Å². The lowest BCUT2D eigenvalue weighted by Gasteiger charge is -2.09. The van der Waals surface area contributed by atoms with Crippen molar-refractivity contribution < 1.29 is 4.74 Å². The molecule has 0 amide bonds. The van der Waals surface area contributed by atoms with Crippen molar-refractivity contribution in [3.63, 3.8) is 0 Å². The van der Waals surface area contributed by atoms with Crippen LogP contribution in [0.2, 0.25) is 0 Å². The summed E-state index contributed by atoms with van der Waals surface area (Å²) in [5.41, 5.74) is 1.05. The molecule has 3 N–H and O–H groups in total. The number of hydrogen-bond acceptors (Lipinski definition) is 5. The van der Waals surface area contributed by atoms with Crippen LogP contribution in [0, 0.1) is 5.92 Å². The van der Waals surface area contributed by atoms with Crippen LogP contribution < -0.4 is 16.0 Å². The molecule has 1 heterocycles. The van der Waals surface area contributed by atoms with Crippen LogP contribution in [0.25, 0.3) is 0 Å². The standard InChI is InChI=1S/C16H28N4OS2/c1-17-7-2-4-15-20-14(12-23-15)11-21-9-3-8-18-16(22)19-10-13-5-6-13/h12-13,17H,2-11H2,1H3,(H2,18,19,22). The van der Waals surface area contributed by atoms with E-state index >= 15 is 0 Å². The fraction of sp³-hybridized carbons (Fsp3) is 0.750. The largest absolute Gasteiger partial charge is 0.375 e. The normalized spacial score (nSPS) is 14.0. The van der Waals surface area contributed by atoms with Crippen molar-refractivity contribution in [3.05, 3.63) is 16.1 Å². The highest BCUT2D eigenvalue weighted by Crippen LogP contribution is 2.27. The number of thiocarbonyl (C=S) groups is 1. The molecule has 0 unspecified atom stereocenters. The third-order valence-corrected chi connectivity index (χ3v) is 4.91. The summed E-state index contributed by atoms with van der Waals surface area (Å²) in [4.78, 5) is 4.59. The molecule has 1 aliphatic rings. The van der Waals surface area contributed by atoms with E-state index in [1.165, 1.54) is 17.8 Å². The quantitative estimate of drug-likeness (QED) is 0.394. The average molecular weight is 357 g/mol. The predicted molar refractivity (Wildman–Crippen MR) is 100.0 cm³/mol. The van der Waals surface area contributed by atoms with Crippen molar-refractivity contribution in [2.75, 3.05) is 33.3 Å². The minimum absolute atomic E-state index is 0.604. The Kier molecular flexibility index (Phi) is 8.81. The molecule has 0 spiro atoms. The second-order valence-electron chi connectivity index (χ2n) is 5.93. The molecular formula is C16H28N4OS2. The smallest absolute Gasteiger partial charge is 0.166 e. The molecule has 0 saturated heterocycles. The highest BCUT2D eigenvalue weighted by atomic mass is 32.1. The number of rotatable bonds is 12. The van der Waals surface area contributed by atoms with E-state index in [0.717, 1.165) is 62.2 Å². The molecule has 1 aliphatic carbocycles. The Hall–Kier alpha value is -0.760. The van der Waals surface area contributed by atoms with Gasteiger partial charge in [0.15, 0.2) is 5.11 Å². The van der Waals surface area contributed by atoms with E-state index in [-0.39, 0.29) is 0 Å². The Morgan fingerprint density at radius 3 is 3.00 bits per heavy atom. The number of aromatic nitrogens is 1. The summed E-state index contributed by atoms with van der Waals surface area (Å²) in [5.74, 6) is 0.847. The van der Waals surface area contributed by atoms with Crippen LogP contribution in [0.3, 0.4) is 0 Å². The van der Waals surface area contributed by atoms with Crippen LogP contribution in [0.15, 0.2) is 5.38 Å². The summed E-state index contributed by atoms with van der Waals surface area (Å²) in [7, 11) is 1.98. The summed E-state index contributed by atoms with van der Waals surface area (Å²) in [6, 6.07) is 0. The van der Waals surface area contributed by atoms with Crippen LogP contribution in [-0.2, 0) is 17.8 Å². The molecule has 0 aromatic carbocycles. The van der Waals surface area contributed by atoms with Gasteiger partial charge in [0.05, 0.1) is 17.3 Å². The van der Waals surface area contributed by atoms with E-state index in [9.17, 15) is 0 Å². The molecule has 1 aromatic heterocycles. The fourth-order valence-electron chi connectivity index (χ4n) is 2.12. The summed E-state index contributed by atoms with van der Waals surface area (Å²) >= 11 is 6.95. The Labute approximate surface area is 148 Å². The maximum absolute atomic E-state index is 5.68. The van der Waals surface area contributed by atoms with Gasteiger partial charge in [-0.15, -0.1) is 11.3 Å². The van der Waals surface area contributed by atoms with Crippen LogP contribution in [0.4, 0.5) is 0 Å². The zero-order valence-corrected chi connectivity index (χ0v) is 15.5. The van der Waals surface area contributed by atoms with Gasteiger partial charge in [0.2, 0.25) is 0 Å². The van der Waals surface area contributed by atoms with E-state index < -0.39 is 0 Å². The van der Waals surface area contributed by atoms with Gasteiger partial charge in [-0.25, -0.2) is 4.98 Å². The van der Waals surface area contributed by atoms with Gasteiger partial charge in [0.1, 0.15) is 0 Å². The summed E-state index contributed by atoms with van der Waals surface area (Å²) < 4.78 is 5.68. The van der Waals surface area contributed by atoms with Crippen molar-refractivity contribution in [1.82, 2.24) is 20.9 Å². The third-order valence-electron chi connectivity index (χ3n) is 3.67. The lowest BCUT2D eigenvalue weighted by atomic mass is 10.3. The first-order valence-electron chi connectivity index (χ1n) is 8.45. The number of hydrogen-bond donors (Lipinski definition) is 3. The Balaban J connectivity index is 1.44. The third kappa shape index (κ3) is 8.60. The highest BCUT2D eigenvalue weighted by Gasteiger charge is 2.20. The number of thiazole rings is 1. The first kappa shape index (κ1) is 18.6. The van der Waals surface area contributed by atoms with Gasteiger partial charge in [0.25, 0.3) is 0 Å². The van der Waals surface area contributed by atoms with Crippen molar-refractivity contribution in [3.8, 4) is 0 Å². The van der Waals surface area contributed by atoms with Crippen molar-refractivity contribution >= 4 is 28.7 Å². The molecule has 7 heteroatoms. The van der Waals surface area contributed by atoms with Gasteiger partial charge < -0.3 is 20.7 Å². The Morgan fingerprint density at radius 2 is 2.22 bits per heavy atom. The molecule has 2 rings (SSSR count). The minimum atomic E-state index is 0.604. The molecule has 130 valence electrons. The monoisotopic (exact) mass is 356 g/mol. The number of nitrogens with one attached hydrogen (secondary N) is 3. The first-order valence-corrected chi connectivity index (χ1v) is 9.74. The Bertz CT molecular complexity index is 463. The van der Waals surface area contributed by atoms with Gasteiger partial charge >= 0.3 is 0 Å². The molecular weight excluding hydrogens is 328 g/mol. The molecule has 5 nitrogen and oxygen atoms in total. The number of nitrogens with zero attached hydrogens (tertiary/aromatic N) is 1. The van der Waals surface area contributed by atoms with Gasteiger partial charge in [-0.3, -0.25) is 0 Å². The number of ether oxygens (including phenoxy) is 1. The van der Waals surface area contributed by atoms with E-state index in [4.69, 9.17) is 17.0 Å². The SMILES string of the molecule is CNCCCc1nc(COCCCNC(=S)NCC2CC2)cs1. The van der Waals surface area contributed by atoms with Gasteiger partial charge in [-0.05, 0) is 57.4 Å². The molecule has 0 bridgehead atoms. The summed E-state index contributed by atoms with van der Waals surface area (Å²) in [5, 5.41) is 13.7. The van der Waals surface area contributed by atoms with Crippen molar-refractivity contribution in [1.29, 1.82) is 0 Å². The zero-order chi connectivity index (χ0) is 16.3. The van der Waals surface area contributed by atoms with E-state index in [0.29, 0.717) is 6.61 Å². The molecule has 23 heavy (non-hydrogen) atoms. The fourth-order valence-corrected chi connectivity index (χ4v) is 3.13. The molecule has 0 aliphatic heterocycles. The van der Waals surface area contributed by atoms with Crippen molar-refractivity contribution in [2.45, 2.75) is 38.7 Å². The molecule has 0 radical (unpaired) electrons. The van der Waals surface area contributed by atoms with E-state index in [1.807, 2.05) is 7.05 Å². The van der Waals surface area contributed by atoms with Gasteiger partial charge in [0, 0.05) is 31.5 Å².